The first-order valence-corrected chi connectivity index (χ1v) is 11.9. The Morgan fingerprint density at radius 1 is 1.19 bits per heavy atom. The Morgan fingerprint density at radius 2 is 2.04 bits per heavy atom. The average molecular weight is 394 g/mol. The van der Waals surface area contributed by atoms with Gasteiger partial charge in [0.2, 0.25) is 0 Å². The van der Waals surface area contributed by atoms with Crippen molar-refractivity contribution in [2.75, 3.05) is 6.61 Å². The lowest BCUT2D eigenvalue weighted by Gasteiger charge is -2.27. The van der Waals surface area contributed by atoms with Gasteiger partial charge in [0.05, 0.1) is 6.61 Å². The molecule has 4 nitrogen and oxygen atoms in total. The first-order chi connectivity index (χ1) is 13.0. The molecule has 3 atom stereocenters. The highest BCUT2D eigenvalue weighted by molar-refractivity contribution is 7.39. The third-order valence-corrected chi connectivity index (χ3v) is 6.97. The van der Waals surface area contributed by atoms with E-state index in [2.05, 4.69) is 25.1 Å². The predicted molar refractivity (Wildman–Crippen MR) is 112 cm³/mol. The number of rotatable bonds is 9. The van der Waals surface area contributed by atoms with Crippen molar-refractivity contribution in [2.24, 2.45) is 11.7 Å². The molecule has 152 valence electrons. The first-order valence-electron chi connectivity index (χ1n) is 10.7. The fraction of sp³-hybridized carbons (Fsp3) is 0.727. The summed E-state index contributed by atoms with van der Waals surface area (Å²) < 4.78 is 5.01. The second-order valence-corrected chi connectivity index (χ2v) is 9.58. The number of benzene rings is 1. The highest BCUT2D eigenvalue weighted by Crippen LogP contribution is 2.42. The molecule has 5 heteroatoms. The second-order valence-electron chi connectivity index (χ2n) is 8.81. The number of hydrogen-bond acceptors (Lipinski definition) is 4. The number of unbranched alkanes of at least 4 members (excludes halogenated alkanes) is 3. The van der Waals surface area contributed by atoms with Gasteiger partial charge >= 0.3 is 8.60 Å². The molecule has 0 unspecified atom stereocenters. The lowest BCUT2D eigenvalue weighted by atomic mass is 9.79. The van der Waals surface area contributed by atoms with Crippen molar-refractivity contribution in [3.8, 4) is 0 Å². The molecule has 1 aromatic rings. The van der Waals surface area contributed by atoms with E-state index in [4.69, 9.17) is 20.0 Å². The summed E-state index contributed by atoms with van der Waals surface area (Å²) in [5.74, 6) is 1.33. The van der Waals surface area contributed by atoms with E-state index < -0.39 is 14.1 Å². The summed E-state index contributed by atoms with van der Waals surface area (Å²) in [4.78, 5) is 18.0. The minimum absolute atomic E-state index is 0.229. The van der Waals surface area contributed by atoms with Crippen LogP contribution in [0.2, 0.25) is 0 Å². The van der Waals surface area contributed by atoms with Crippen molar-refractivity contribution in [1.82, 2.24) is 0 Å². The molecule has 0 heterocycles. The molecule has 0 spiro atoms. The van der Waals surface area contributed by atoms with Crippen LogP contribution in [-0.4, -0.2) is 21.9 Å². The van der Waals surface area contributed by atoms with Crippen LogP contribution in [-0.2, 0) is 17.4 Å². The third-order valence-electron chi connectivity index (χ3n) is 6.61. The normalized spacial score (nSPS) is 27.9. The van der Waals surface area contributed by atoms with E-state index in [1.807, 2.05) is 0 Å². The van der Waals surface area contributed by atoms with E-state index in [9.17, 15) is 0 Å². The van der Waals surface area contributed by atoms with Gasteiger partial charge in [0.15, 0.2) is 0 Å². The average Bonchev–Trinajstić information content (AvgIpc) is 3.06. The molecule has 0 radical (unpaired) electrons. The number of aryl methyl sites for hydroxylation is 1. The Balaban J connectivity index is 1.55. The zero-order valence-corrected chi connectivity index (χ0v) is 17.6. The Bertz CT molecular complexity index is 609. The maximum absolute atomic E-state index is 8.99. The van der Waals surface area contributed by atoms with E-state index >= 15 is 0 Å². The zero-order valence-electron chi connectivity index (χ0n) is 16.7. The van der Waals surface area contributed by atoms with Crippen LogP contribution in [0.15, 0.2) is 18.2 Å². The van der Waals surface area contributed by atoms with Gasteiger partial charge in [-0.1, -0.05) is 57.2 Å². The van der Waals surface area contributed by atoms with Gasteiger partial charge in [-0.15, -0.1) is 0 Å². The molecule has 0 aromatic heterocycles. The van der Waals surface area contributed by atoms with Crippen molar-refractivity contribution in [1.29, 1.82) is 0 Å². The second kappa shape index (κ2) is 9.80. The summed E-state index contributed by atoms with van der Waals surface area (Å²) >= 11 is 0. The van der Waals surface area contributed by atoms with E-state index in [-0.39, 0.29) is 6.61 Å². The minimum Gasteiger partial charge on any atom is -0.328 e. The summed E-state index contributed by atoms with van der Waals surface area (Å²) in [5, 5.41) is 0. The summed E-state index contributed by atoms with van der Waals surface area (Å²) in [6, 6.07) is 7.09. The Kier molecular flexibility index (Phi) is 7.70. The van der Waals surface area contributed by atoms with Crippen molar-refractivity contribution < 1.29 is 14.3 Å². The summed E-state index contributed by atoms with van der Waals surface area (Å²) in [6.07, 6.45) is 13.4. The van der Waals surface area contributed by atoms with Crippen LogP contribution in [0.1, 0.15) is 87.3 Å². The molecule has 0 saturated heterocycles. The molecular formula is C22H36NO3P. The van der Waals surface area contributed by atoms with Crippen LogP contribution in [0.5, 0.6) is 0 Å². The maximum atomic E-state index is 8.99. The summed E-state index contributed by atoms with van der Waals surface area (Å²) in [6.45, 7) is 2.50. The minimum atomic E-state index is -2.32. The van der Waals surface area contributed by atoms with E-state index in [0.717, 1.165) is 25.2 Å². The van der Waals surface area contributed by atoms with Gasteiger partial charge in [0.1, 0.15) is 0 Å². The highest BCUT2D eigenvalue weighted by atomic mass is 31.2. The van der Waals surface area contributed by atoms with Gasteiger partial charge < -0.3 is 20.0 Å². The van der Waals surface area contributed by atoms with Gasteiger partial charge in [0.25, 0.3) is 0 Å². The number of hydrogen-bond donors (Lipinski definition) is 3. The predicted octanol–water partition coefficient (Wildman–Crippen LogP) is 4.96. The molecule has 1 aromatic carbocycles. The van der Waals surface area contributed by atoms with Crippen LogP contribution < -0.4 is 5.73 Å². The molecule has 3 rings (SSSR count). The Morgan fingerprint density at radius 3 is 2.81 bits per heavy atom. The Labute approximate surface area is 165 Å². The lowest BCUT2D eigenvalue weighted by Crippen LogP contribution is -2.41. The summed E-state index contributed by atoms with van der Waals surface area (Å²) in [5.41, 5.74) is 10.5. The van der Waals surface area contributed by atoms with E-state index in [1.54, 1.807) is 5.56 Å². The standard InChI is InChI=1S/C22H36NO3P/c1-2-3-4-5-6-17-7-8-19-14-20(10-9-18(19)13-17)21-11-12-22(23,15-21)16-26-27(24)25/h9-10,14,17,21,24-25H,2-8,11-13,15-16,23H2,1H3/t17-,21-,22-/m1/s1. The van der Waals surface area contributed by atoms with Crippen molar-refractivity contribution in [2.45, 2.75) is 89.0 Å². The fourth-order valence-corrected chi connectivity index (χ4v) is 5.34. The van der Waals surface area contributed by atoms with Crippen molar-refractivity contribution in [3.63, 3.8) is 0 Å². The van der Waals surface area contributed by atoms with Gasteiger partial charge in [-0.25, -0.2) is 0 Å². The van der Waals surface area contributed by atoms with E-state index in [1.165, 1.54) is 62.5 Å². The van der Waals surface area contributed by atoms with Gasteiger partial charge in [0, 0.05) is 5.54 Å². The monoisotopic (exact) mass is 393 g/mol. The lowest BCUT2D eigenvalue weighted by molar-refractivity contribution is 0.190. The largest absolute Gasteiger partial charge is 0.328 e. The molecule has 0 aliphatic heterocycles. The smallest absolute Gasteiger partial charge is 0.327 e. The van der Waals surface area contributed by atoms with Gasteiger partial charge in [-0.3, -0.25) is 0 Å². The topological polar surface area (TPSA) is 75.7 Å². The number of fused-ring (bicyclic) bond motifs is 1. The molecule has 4 N–H and O–H groups in total. The van der Waals surface area contributed by atoms with Gasteiger partial charge in [-0.2, -0.15) is 0 Å². The molecule has 2 aliphatic carbocycles. The number of nitrogens with two attached hydrogens (primary N) is 1. The zero-order chi connectivity index (χ0) is 19.3. The molecule has 1 saturated carbocycles. The summed E-state index contributed by atoms with van der Waals surface area (Å²) in [7, 11) is -2.32. The quantitative estimate of drug-likeness (QED) is 0.410. The van der Waals surface area contributed by atoms with Crippen LogP contribution >= 0.6 is 8.60 Å². The van der Waals surface area contributed by atoms with Crippen LogP contribution in [0, 0.1) is 5.92 Å². The SMILES string of the molecule is CCCCCC[C@@H]1CCc2cc([C@@H]3CC[C@](N)(COP(O)O)C3)ccc2C1. The van der Waals surface area contributed by atoms with E-state index in [0.29, 0.717) is 5.92 Å². The van der Waals surface area contributed by atoms with Crippen molar-refractivity contribution >= 4 is 8.60 Å². The van der Waals surface area contributed by atoms with Crippen LogP contribution in [0.4, 0.5) is 0 Å². The molecule has 1 fully saturated rings. The molecule has 2 aliphatic rings. The molecular weight excluding hydrogens is 357 g/mol. The maximum Gasteiger partial charge on any atom is 0.327 e. The highest BCUT2D eigenvalue weighted by Gasteiger charge is 2.37. The molecule has 0 amide bonds. The van der Waals surface area contributed by atoms with Crippen LogP contribution in [0.3, 0.4) is 0 Å². The Hall–Kier alpha value is -0.510. The molecule has 27 heavy (non-hydrogen) atoms. The van der Waals surface area contributed by atoms with Gasteiger partial charge in [-0.05, 0) is 67.1 Å². The fourth-order valence-electron chi connectivity index (χ4n) is 4.97. The molecule has 0 bridgehead atoms. The van der Waals surface area contributed by atoms with Crippen molar-refractivity contribution in [3.05, 3.63) is 34.9 Å². The first kappa shape index (κ1) is 21.2. The third kappa shape index (κ3) is 5.98. The van der Waals surface area contributed by atoms with Crippen LogP contribution in [0.25, 0.3) is 0 Å².